The van der Waals surface area contributed by atoms with Gasteiger partial charge in [0.15, 0.2) is 0 Å². The fourth-order valence-corrected chi connectivity index (χ4v) is 1.34. The molecular formula is C8H16N4S. The van der Waals surface area contributed by atoms with Gasteiger partial charge in [-0.05, 0) is 13.6 Å². The quantitative estimate of drug-likeness (QED) is 0.682. The Kier molecular flexibility index (Phi) is 4.88. The lowest BCUT2D eigenvalue weighted by Crippen LogP contribution is -2.28. The summed E-state index contributed by atoms with van der Waals surface area (Å²) in [5.41, 5.74) is 1.03. The summed E-state index contributed by atoms with van der Waals surface area (Å²) in [6, 6.07) is 0. The third-order valence-corrected chi connectivity index (χ3v) is 2.44. The molecule has 0 saturated carbocycles. The Labute approximate surface area is 83.3 Å². The van der Waals surface area contributed by atoms with Crippen molar-refractivity contribution in [3.8, 4) is 0 Å². The van der Waals surface area contributed by atoms with Crippen LogP contribution in [0.1, 0.15) is 12.6 Å². The average molecular weight is 200 g/mol. The summed E-state index contributed by atoms with van der Waals surface area (Å²) in [6.07, 6.45) is 1.81. The second-order valence-corrected chi connectivity index (χ2v) is 3.53. The molecule has 0 atom stereocenters. The fourth-order valence-electron chi connectivity index (χ4n) is 0.906. The van der Waals surface area contributed by atoms with E-state index in [1.54, 1.807) is 6.20 Å². The molecule has 1 heterocycles. The van der Waals surface area contributed by atoms with Crippen LogP contribution in [0.15, 0.2) is 6.20 Å². The lowest BCUT2D eigenvalue weighted by Gasteiger charge is -2.13. The van der Waals surface area contributed by atoms with Gasteiger partial charge in [-0.15, -0.1) is 0 Å². The SMILES string of the molecule is CCN(C)CCNCc1cnsn1. The van der Waals surface area contributed by atoms with Gasteiger partial charge in [0.1, 0.15) is 0 Å². The molecule has 1 N–H and O–H groups in total. The molecule has 4 nitrogen and oxygen atoms in total. The van der Waals surface area contributed by atoms with Crippen molar-refractivity contribution in [1.82, 2.24) is 19.0 Å². The lowest BCUT2D eigenvalue weighted by molar-refractivity contribution is 0.348. The Bertz CT molecular complexity index is 212. The largest absolute Gasteiger partial charge is 0.310 e. The number of rotatable bonds is 6. The van der Waals surface area contributed by atoms with Crippen LogP contribution in [0.4, 0.5) is 0 Å². The Morgan fingerprint density at radius 3 is 3.08 bits per heavy atom. The zero-order valence-corrected chi connectivity index (χ0v) is 8.97. The number of hydrogen-bond acceptors (Lipinski definition) is 5. The first-order chi connectivity index (χ1) is 6.33. The molecule has 0 radical (unpaired) electrons. The molecule has 1 aromatic rings. The fraction of sp³-hybridized carbons (Fsp3) is 0.750. The zero-order valence-electron chi connectivity index (χ0n) is 8.16. The Morgan fingerprint density at radius 2 is 2.46 bits per heavy atom. The first-order valence-electron chi connectivity index (χ1n) is 4.48. The van der Waals surface area contributed by atoms with Crippen molar-refractivity contribution in [2.75, 3.05) is 26.7 Å². The first-order valence-corrected chi connectivity index (χ1v) is 5.21. The van der Waals surface area contributed by atoms with E-state index in [2.05, 4.69) is 32.9 Å². The van der Waals surface area contributed by atoms with E-state index in [0.29, 0.717) is 0 Å². The van der Waals surface area contributed by atoms with Crippen LogP contribution in [-0.2, 0) is 6.54 Å². The second-order valence-electron chi connectivity index (χ2n) is 2.97. The average Bonchev–Trinajstić information content (AvgIpc) is 2.64. The minimum Gasteiger partial charge on any atom is -0.310 e. The van der Waals surface area contributed by atoms with Gasteiger partial charge in [0.25, 0.3) is 0 Å². The molecule has 0 saturated heterocycles. The number of likely N-dealkylation sites (N-methyl/N-ethyl adjacent to an activating group) is 1. The smallest absolute Gasteiger partial charge is 0.0880 e. The standard InChI is InChI=1S/C8H16N4S/c1-3-12(2)5-4-9-6-8-7-10-13-11-8/h7,9H,3-6H2,1-2H3. The van der Waals surface area contributed by atoms with Crippen LogP contribution in [0.2, 0.25) is 0 Å². The van der Waals surface area contributed by atoms with Gasteiger partial charge < -0.3 is 10.2 Å². The Hall–Kier alpha value is -0.520. The second kappa shape index (κ2) is 6.01. The minimum atomic E-state index is 0.827. The predicted molar refractivity (Wildman–Crippen MR) is 54.8 cm³/mol. The highest BCUT2D eigenvalue weighted by Crippen LogP contribution is 1.93. The van der Waals surface area contributed by atoms with Crippen LogP contribution in [0.25, 0.3) is 0 Å². The van der Waals surface area contributed by atoms with Gasteiger partial charge in [0, 0.05) is 19.6 Å². The molecule has 0 bridgehead atoms. The number of hydrogen-bond donors (Lipinski definition) is 1. The van der Waals surface area contributed by atoms with Gasteiger partial charge in [0.05, 0.1) is 23.6 Å². The molecule has 1 rings (SSSR count). The highest BCUT2D eigenvalue weighted by Gasteiger charge is 1.96. The van der Waals surface area contributed by atoms with E-state index in [4.69, 9.17) is 0 Å². The van der Waals surface area contributed by atoms with E-state index in [1.807, 2.05) is 0 Å². The highest BCUT2D eigenvalue weighted by molar-refractivity contribution is 6.99. The third kappa shape index (κ3) is 4.31. The van der Waals surface area contributed by atoms with Crippen molar-refractivity contribution in [3.63, 3.8) is 0 Å². The predicted octanol–water partition coefficient (Wildman–Crippen LogP) is 0.579. The lowest BCUT2D eigenvalue weighted by atomic mass is 10.4. The molecule has 0 aliphatic carbocycles. The van der Waals surface area contributed by atoms with E-state index < -0.39 is 0 Å². The third-order valence-electron chi connectivity index (χ3n) is 1.92. The number of aromatic nitrogens is 2. The van der Waals surface area contributed by atoms with Gasteiger partial charge in [0.2, 0.25) is 0 Å². The van der Waals surface area contributed by atoms with Crippen molar-refractivity contribution in [3.05, 3.63) is 11.9 Å². The van der Waals surface area contributed by atoms with Crippen molar-refractivity contribution in [2.45, 2.75) is 13.5 Å². The molecule has 0 fully saturated rings. The van der Waals surface area contributed by atoms with E-state index in [9.17, 15) is 0 Å². The van der Waals surface area contributed by atoms with Gasteiger partial charge in [-0.1, -0.05) is 6.92 Å². The van der Waals surface area contributed by atoms with Crippen molar-refractivity contribution in [1.29, 1.82) is 0 Å². The van der Waals surface area contributed by atoms with E-state index >= 15 is 0 Å². The highest BCUT2D eigenvalue weighted by atomic mass is 32.1. The monoisotopic (exact) mass is 200 g/mol. The van der Waals surface area contributed by atoms with Crippen LogP contribution < -0.4 is 5.32 Å². The van der Waals surface area contributed by atoms with Crippen LogP contribution >= 0.6 is 11.7 Å². The van der Waals surface area contributed by atoms with Gasteiger partial charge in [-0.3, -0.25) is 0 Å². The van der Waals surface area contributed by atoms with Gasteiger partial charge in [-0.2, -0.15) is 8.75 Å². The Balaban J connectivity index is 2.02. The first kappa shape index (κ1) is 10.6. The summed E-state index contributed by atoms with van der Waals surface area (Å²) < 4.78 is 8.04. The summed E-state index contributed by atoms with van der Waals surface area (Å²) in [5.74, 6) is 0. The molecule has 0 amide bonds. The van der Waals surface area contributed by atoms with E-state index in [1.165, 1.54) is 11.7 Å². The zero-order chi connectivity index (χ0) is 9.52. The Morgan fingerprint density at radius 1 is 1.62 bits per heavy atom. The number of nitrogens with zero attached hydrogens (tertiary/aromatic N) is 3. The van der Waals surface area contributed by atoms with Crippen molar-refractivity contribution in [2.24, 2.45) is 0 Å². The molecule has 0 unspecified atom stereocenters. The summed E-state index contributed by atoms with van der Waals surface area (Å²) in [6.45, 7) is 6.16. The summed E-state index contributed by atoms with van der Waals surface area (Å²) in [7, 11) is 2.12. The number of nitrogens with one attached hydrogen (secondary N) is 1. The molecule has 0 aromatic carbocycles. The summed E-state index contributed by atoms with van der Waals surface area (Å²) in [4.78, 5) is 2.27. The van der Waals surface area contributed by atoms with E-state index in [0.717, 1.165) is 31.9 Å². The van der Waals surface area contributed by atoms with E-state index in [-0.39, 0.29) is 0 Å². The van der Waals surface area contributed by atoms with Crippen LogP contribution in [0, 0.1) is 0 Å². The molecule has 1 aromatic heterocycles. The van der Waals surface area contributed by atoms with Crippen LogP contribution in [-0.4, -0.2) is 40.3 Å². The molecule has 0 aliphatic rings. The molecular weight excluding hydrogens is 184 g/mol. The molecule has 0 aliphatic heterocycles. The molecule has 13 heavy (non-hydrogen) atoms. The summed E-state index contributed by atoms with van der Waals surface area (Å²) in [5, 5.41) is 3.32. The molecule has 5 heteroatoms. The maximum atomic E-state index is 4.11. The maximum absolute atomic E-state index is 4.11. The summed E-state index contributed by atoms with van der Waals surface area (Å²) >= 11 is 1.26. The van der Waals surface area contributed by atoms with Gasteiger partial charge >= 0.3 is 0 Å². The topological polar surface area (TPSA) is 41.0 Å². The normalized spacial score (nSPS) is 11.0. The minimum absolute atomic E-state index is 0.827. The van der Waals surface area contributed by atoms with Crippen LogP contribution in [0.5, 0.6) is 0 Å². The van der Waals surface area contributed by atoms with Crippen molar-refractivity contribution >= 4 is 11.7 Å². The molecule has 74 valence electrons. The van der Waals surface area contributed by atoms with Crippen LogP contribution in [0.3, 0.4) is 0 Å². The van der Waals surface area contributed by atoms with Gasteiger partial charge in [-0.25, -0.2) is 0 Å². The molecule has 0 spiro atoms. The maximum Gasteiger partial charge on any atom is 0.0880 e. The van der Waals surface area contributed by atoms with Crippen molar-refractivity contribution < 1.29 is 0 Å².